The molecule has 2 aromatic rings. The predicted molar refractivity (Wildman–Crippen MR) is 92.9 cm³/mol. The Kier molecular flexibility index (Phi) is 6.32. The van der Waals surface area contributed by atoms with Gasteiger partial charge in [0.05, 0.1) is 11.4 Å². The molecular weight excluding hydrogens is 328 g/mol. The Morgan fingerprint density at radius 2 is 1.88 bits per heavy atom. The summed E-state index contributed by atoms with van der Waals surface area (Å²) >= 11 is 5.73. The lowest BCUT2D eigenvalue weighted by molar-refractivity contribution is -0.153. The summed E-state index contributed by atoms with van der Waals surface area (Å²) in [6.07, 6.45) is 0.730. The summed E-state index contributed by atoms with van der Waals surface area (Å²) in [6.45, 7) is 3.47. The molecule has 1 N–H and O–H groups in total. The van der Waals surface area contributed by atoms with Crippen molar-refractivity contribution in [3.05, 3.63) is 59.2 Å². The summed E-state index contributed by atoms with van der Waals surface area (Å²) in [5, 5.41) is 3.05. The first-order valence-electron chi connectivity index (χ1n) is 7.62. The second-order valence-electron chi connectivity index (χ2n) is 5.50. The Morgan fingerprint density at radius 3 is 2.50 bits per heavy atom. The van der Waals surface area contributed by atoms with Gasteiger partial charge in [-0.05, 0) is 30.5 Å². The maximum atomic E-state index is 12.0. The molecule has 0 spiro atoms. The molecule has 1 amide bonds. The summed E-state index contributed by atoms with van der Waals surface area (Å²) in [7, 11) is 0. The summed E-state index contributed by atoms with van der Waals surface area (Å²) in [6, 6.07) is 12.9. The molecule has 0 aliphatic carbocycles. The smallest absolute Gasteiger partial charge is 0.307 e. The van der Waals surface area contributed by atoms with Crippen molar-refractivity contribution < 1.29 is 14.3 Å². The SMILES string of the molecule is CC(OC(=O)CC(C)c1ccccc1)C(=O)Nc1ccc(Cl)cn1. The normalized spacial score (nSPS) is 13.0. The van der Waals surface area contributed by atoms with Crippen LogP contribution >= 0.6 is 11.6 Å². The van der Waals surface area contributed by atoms with Crippen molar-refractivity contribution in [3.63, 3.8) is 0 Å². The molecule has 2 atom stereocenters. The van der Waals surface area contributed by atoms with Crippen molar-refractivity contribution in [1.82, 2.24) is 4.98 Å². The average molecular weight is 347 g/mol. The van der Waals surface area contributed by atoms with E-state index in [1.807, 2.05) is 37.3 Å². The zero-order valence-corrected chi connectivity index (χ0v) is 14.3. The number of hydrogen-bond acceptors (Lipinski definition) is 4. The molecule has 1 heterocycles. The van der Waals surface area contributed by atoms with Crippen molar-refractivity contribution in [1.29, 1.82) is 0 Å². The van der Waals surface area contributed by atoms with Gasteiger partial charge < -0.3 is 10.1 Å². The highest BCUT2D eigenvalue weighted by atomic mass is 35.5. The van der Waals surface area contributed by atoms with E-state index in [0.29, 0.717) is 10.8 Å². The molecule has 0 saturated carbocycles. The van der Waals surface area contributed by atoms with Gasteiger partial charge in [-0.1, -0.05) is 48.9 Å². The van der Waals surface area contributed by atoms with E-state index in [0.717, 1.165) is 5.56 Å². The molecular formula is C18H19ClN2O3. The number of hydrogen-bond donors (Lipinski definition) is 1. The molecule has 0 radical (unpaired) electrons. The van der Waals surface area contributed by atoms with Gasteiger partial charge in [0.2, 0.25) is 0 Å². The molecule has 0 saturated heterocycles. The fourth-order valence-electron chi connectivity index (χ4n) is 2.13. The summed E-state index contributed by atoms with van der Waals surface area (Å²) in [5.41, 5.74) is 1.05. The van der Waals surface area contributed by atoms with Crippen molar-refractivity contribution in [2.24, 2.45) is 0 Å². The van der Waals surface area contributed by atoms with Crippen LogP contribution < -0.4 is 5.32 Å². The lowest BCUT2D eigenvalue weighted by Crippen LogP contribution is -2.30. The fourth-order valence-corrected chi connectivity index (χ4v) is 2.24. The number of esters is 1. The van der Waals surface area contributed by atoms with Crippen LogP contribution in [-0.2, 0) is 14.3 Å². The van der Waals surface area contributed by atoms with Gasteiger partial charge in [-0.25, -0.2) is 4.98 Å². The van der Waals surface area contributed by atoms with Crippen molar-refractivity contribution in [2.45, 2.75) is 32.3 Å². The minimum Gasteiger partial charge on any atom is -0.453 e. The molecule has 0 aliphatic rings. The maximum Gasteiger partial charge on any atom is 0.307 e. The fraction of sp³-hybridized carbons (Fsp3) is 0.278. The Balaban J connectivity index is 1.84. The molecule has 24 heavy (non-hydrogen) atoms. The standard InChI is InChI=1S/C18H19ClN2O3/c1-12(14-6-4-3-5-7-14)10-17(22)24-13(2)18(23)21-16-9-8-15(19)11-20-16/h3-9,11-13H,10H2,1-2H3,(H,20,21,23). The van der Waals surface area contributed by atoms with Crippen LogP contribution in [-0.4, -0.2) is 23.0 Å². The van der Waals surface area contributed by atoms with Crippen LogP contribution in [0, 0.1) is 0 Å². The van der Waals surface area contributed by atoms with E-state index in [1.54, 1.807) is 12.1 Å². The number of halogens is 1. The Bertz CT molecular complexity index is 689. The molecule has 2 rings (SSSR count). The van der Waals surface area contributed by atoms with Gasteiger partial charge in [0.1, 0.15) is 5.82 Å². The second-order valence-corrected chi connectivity index (χ2v) is 5.94. The average Bonchev–Trinajstić information content (AvgIpc) is 2.57. The van der Waals surface area contributed by atoms with Crippen LogP contribution in [0.3, 0.4) is 0 Å². The first-order chi connectivity index (χ1) is 11.5. The first-order valence-corrected chi connectivity index (χ1v) is 8.00. The number of aromatic nitrogens is 1. The van der Waals surface area contributed by atoms with E-state index >= 15 is 0 Å². The van der Waals surface area contributed by atoms with Gasteiger partial charge in [0.25, 0.3) is 5.91 Å². The molecule has 2 unspecified atom stereocenters. The highest BCUT2D eigenvalue weighted by Crippen LogP contribution is 2.19. The van der Waals surface area contributed by atoms with E-state index in [4.69, 9.17) is 16.3 Å². The van der Waals surface area contributed by atoms with Crippen molar-refractivity contribution in [2.75, 3.05) is 5.32 Å². The van der Waals surface area contributed by atoms with E-state index in [9.17, 15) is 9.59 Å². The largest absolute Gasteiger partial charge is 0.453 e. The third-order valence-corrected chi connectivity index (χ3v) is 3.72. The van der Waals surface area contributed by atoms with E-state index < -0.39 is 18.0 Å². The lowest BCUT2D eigenvalue weighted by Gasteiger charge is -2.15. The molecule has 126 valence electrons. The second kappa shape index (κ2) is 8.45. The number of carbonyl (C=O) groups is 2. The molecule has 5 nitrogen and oxygen atoms in total. The highest BCUT2D eigenvalue weighted by molar-refractivity contribution is 6.30. The number of carbonyl (C=O) groups excluding carboxylic acids is 2. The van der Waals surface area contributed by atoms with Gasteiger partial charge in [-0.15, -0.1) is 0 Å². The van der Waals surface area contributed by atoms with Crippen LogP contribution in [0.4, 0.5) is 5.82 Å². The Labute approximate surface area is 146 Å². The Hall–Kier alpha value is -2.40. The summed E-state index contributed by atoms with van der Waals surface area (Å²) in [5.74, 6) is -0.486. The third kappa shape index (κ3) is 5.35. The number of nitrogens with one attached hydrogen (secondary N) is 1. The minimum absolute atomic E-state index is 0.0203. The highest BCUT2D eigenvalue weighted by Gasteiger charge is 2.20. The van der Waals surface area contributed by atoms with Crippen LogP contribution in [0.15, 0.2) is 48.7 Å². The molecule has 0 fully saturated rings. The number of benzene rings is 1. The van der Waals surface area contributed by atoms with E-state index in [-0.39, 0.29) is 12.3 Å². The van der Waals surface area contributed by atoms with Crippen LogP contribution in [0.5, 0.6) is 0 Å². The quantitative estimate of drug-likeness (QED) is 0.808. The third-order valence-electron chi connectivity index (χ3n) is 3.50. The Morgan fingerprint density at radius 1 is 1.17 bits per heavy atom. The summed E-state index contributed by atoms with van der Waals surface area (Å²) in [4.78, 5) is 28.0. The van der Waals surface area contributed by atoms with E-state index in [1.165, 1.54) is 13.1 Å². The van der Waals surface area contributed by atoms with Crippen LogP contribution in [0.1, 0.15) is 31.7 Å². The van der Waals surface area contributed by atoms with Gasteiger partial charge in [-0.2, -0.15) is 0 Å². The first kappa shape index (κ1) is 17.9. The molecule has 1 aromatic carbocycles. The number of rotatable bonds is 6. The predicted octanol–water partition coefficient (Wildman–Crippen LogP) is 3.80. The minimum atomic E-state index is -0.905. The topological polar surface area (TPSA) is 68.3 Å². The van der Waals surface area contributed by atoms with Gasteiger partial charge in [-0.3, -0.25) is 9.59 Å². The van der Waals surface area contributed by atoms with Gasteiger partial charge >= 0.3 is 5.97 Å². The van der Waals surface area contributed by atoms with Gasteiger partial charge in [0.15, 0.2) is 6.10 Å². The monoisotopic (exact) mass is 346 g/mol. The molecule has 0 bridgehead atoms. The molecule has 6 heteroatoms. The number of nitrogens with zero attached hydrogens (tertiary/aromatic N) is 1. The zero-order valence-electron chi connectivity index (χ0n) is 13.5. The number of anilines is 1. The number of ether oxygens (including phenoxy) is 1. The lowest BCUT2D eigenvalue weighted by atomic mass is 9.98. The number of pyridine rings is 1. The maximum absolute atomic E-state index is 12.0. The van der Waals surface area contributed by atoms with Crippen LogP contribution in [0.2, 0.25) is 5.02 Å². The van der Waals surface area contributed by atoms with E-state index in [2.05, 4.69) is 10.3 Å². The van der Waals surface area contributed by atoms with Gasteiger partial charge in [0, 0.05) is 6.20 Å². The zero-order chi connectivity index (χ0) is 17.5. The van der Waals surface area contributed by atoms with Crippen LogP contribution in [0.25, 0.3) is 0 Å². The van der Waals surface area contributed by atoms with Crippen molar-refractivity contribution >= 4 is 29.3 Å². The molecule has 0 aliphatic heterocycles. The van der Waals surface area contributed by atoms with Crippen molar-refractivity contribution in [3.8, 4) is 0 Å². The number of amides is 1. The molecule has 1 aromatic heterocycles. The summed E-state index contributed by atoms with van der Waals surface area (Å²) < 4.78 is 5.20.